The molecule has 88 valence electrons. The van der Waals surface area contributed by atoms with Gasteiger partial charge in [0.2, 0.25) is 5.91 Å². The Balaban J connectivity index is 2.17. The van der Waals surface area contributed by atoms with Crippen molar-refractivity contribution in [2.45, 2.75) is 32.4 Å². The van der Waals surface area contributed by atoms with Gasteiger partial charge < -0.3 is 10.6 Å². The van der Waals surface area contributed by atoms with Gasteiger partial charge in [0.1, 0.15) is 6.07 Å². The van der Waals surface area contributed by atoms with Crippen LogP contribution in [0, 0.1) is 11.3 Å². The Bertz CT molecular complexity index is 486. The lowest BCUT2D eigenvalue weighted by molar-refractivity contribution is -0.130. The van der Waals surface area contributed by atoms with Crippen LogP contribution in [0.4, 0.5) is 5.69 Å². The molecule has 2 N–H and O–H groups in total. The molecule has 2 rings (SSSR count). The van der Waals surface area contributed by atoms with Crippen molar-refractivity contribution in [3.05, 3.63) is 29.3 Å². The molecule has 1 aliphatic rings. The number of hydrogen-bond acceptors (Lipinski definition) is 3. The van der Waals surface area contributed by atoms with Gasteiger partial charge in [0, 0.05) is 25.2 Å². The zero-order valence-corrected chi connectivity index (χ0v) is 9.81. The van der Waals surface area contributed by atoms with Crippen LogP contribution >= 0.6 is 0 Å². The normalized spacial score (nSPS) is 14.1. The summed E-state index contributed by atoms with van der Waals surface area (Å²) in [5, 5.41) is 8.90. The van der Waals surface area contributed by atoms with Crippen LogP contribution in [0.5, 0.6) is 0 Å². The SMILES string of the molecule is CC(=O)N(Cc1ccc(N)c(C#N)c1)C1CC1. The smallest absolute Gasteiger partial charge is 0.219 e. The highest BCUT2D eigenvalue weighted by molar-refractivity contribution is 5.74. The molecule has 0 heterocycles. The Kier molecular flexibility index (Phi) is 3.01. The quantitative estimate of drug-likeness (QED) is 0.801. The van der Waals surface area contributed by atoms with Crippen molar-refractivity contribution >= 4 is 11.6 Å². The maximum absolute atomic E-state index is 11.5. The molecule has 1 saturated carbocycles. The van der Waals surface area contributed by atoms with Crippen molar-refractivity contribution < 1.29 is 4.79 Å². The third-order valence-electron chi connectivity index (χ3n) is 2.98. The second-order valence-corrected chi connectivity index (χ2v) is 4.41. The molecule has 4 nitrogen and oxygen atoms in total. The minimum atomic E-state index is 0.0860. The van der Waals surface area contributed by atoms with E-state index in [0.29, 0.717) is 23.8 Å². The Hall–Kier alpha value is -2.02. The monoisotopic (exact) mass is 229 g/mol. The van der Waals surface area contributed by atoms with Gasteiger partial charge in [-0.1, -0.05) is 6.07 Å². The van der Waals surface area contributed by atoms with Gasteiger partial charge in [-0.05, 0) is 30.5 Å². The lowest BCUT2D eigenvalue weighted by atomic mass is 10.1. The maximum atomic E-state index is 11.5. The van der Waals surface area contributed by atoms with E-state index in [1.807, 2.05) is 11.0 Å². The van der Waals surface area contributed by atoms with Gasteiger partial charge in [-0.2, -0.15) is 5.26 Å². The van der Waals surface area contributed by atoms with Crippen molar-refractivity contribution in [2.24, 2.45) is 0 Å². The molecule has 0 aliphatic heterocycles. The first-order chi connectivity index (χ1) is 8.11. The van der Waals surface area contributed by atoms with Crippen LogP contribution < -0.4 is 5.73 Å². The molecule has 0 radical (unpaired) electrons. The van der Waals surface area contributed by atoms with Crippen molar-refractivity contribution in [3.63, 3.8) is 0 Å². The molecule has 0 bridgehead atoms. The standard InChI is InChI=1S/C13H15N3O/c1-9(17)16(12-3-4-12)8-10-2-5-13(15)11(6-10)7-14/h2,5-6,12H,3-4,8,15H2,1H3. The van der Waals surface area contributed by atoms with Crippen LogP contribution in [-0.4, -0.2) is 16.8 Å². The van der Waals surface area contributed by atoms with Gasteiger partial charge in [0.25, 0.3) is 0 Å². The summed E-state index contributed by atoms with van der Waals surface area (Å²) in [5.41, 5.74) is 7.57. The summed E-state index contributed by atoms with van der Waals surface area (Å²) in [6.07, 6.45) is 2.17. The lowest BCUT2D eigenvalue weighted by Crippen LogP contribution is -2.30. The van der Waals surface area contributed by atoms with E-state index < -0.39 is 0 Å². The van der Waals surface area contributed by atoms with E-state index in [2.05, 4.69) is 6.07 Å². The number of rotatable bonds is 3. The summed E-state index contributed by atoms with van der Waals surface area (Å²) in [4.78, 5) is 13.3. The number of nitrogens with zero attached hydrogens (tertiary/aromatic N) is 2. The fourth-order valence-corrected chi connectivity index (χ4v) is 1.88. The number of nitrogen functional groups attached to an aromatic ring is 1. The maximum Gasteiger partial charge on any atom is 0.219 e. The van der Waals surface area contributed by atoms with E-state index in [-0.39, 0.29) is 5.91 Å². The molecule has 0 aromatic heterocycles. The molecule has 1 fully saturated rings. The molecule has 0 atom stereocenters. The fraction of sp³-hybridized carbons (Fsp3) is 0.385. The fourth-order valence-electron chi connectivity index (χ4n) is 1.88. The highest BCUT2D eigenvalue weighted by Gasteiger charge is 2.30. The molecule has 4 heteroatoms. The van der Waals surface area contributed by atoms with E-state index in [4.69, 9.17) is 11.0 Å². The van der Waals surface area contributed by atoms with Crippen molar-refractivity contribution in [1.82, 2.24) is 4.90 Å². The predicted octanol–water partition coefficient (Wildman–Crippen LogP) is 1.65. The van der Waals surface area contributed by atoms with Crippen LogP contribution in [0.25, 0.3) is 0 Å². The molecular weight excluding hydrogens is 214 g/mol. The van der Waals surface area contributed by atoms with E-state index in [1.54, 1.807) is 19.1 Å². The second kappa shape index (κ2) is 4.46. The average Bonchev–Trinajstić information content (AvgIpc) is 3.11. The Morgan fingerprint density at radius 1 is 1.59 bits per heavy atom. The Morgan fingerprint density at radius 2 is 2.29 bits per heavy atom. The van der Waals surface area contributed by atoms with E-state index in [0.717, 1.165) is 18.4 Å². The molecule has 0 unspecified atom stereocenters. The summed E-state index contributed by atoms with van der Waals surface area (Å²) in [6, 6.07) is 7.79. The minimum Gasteiger partial charge on any atom is -0.398 e. The summed E-state index contributed by atoms with van der Waals surface area (Å²) in [7, 11) is 0. The van der Waals surface area contributed by atoms with Crippen LogP contribution in [0.1, 0.15) is 30.9 Å². The van der Waals surface area contributed by atoms with E-state index in [9.17, 15) is 4.79 Å². The number of carbonyl (C=O) groups excluding carboxylic acids is 1. The van der Waals surface area contributed by atoms with Gasteiger partial charge in [-0.25, -0.2) is 0 Å². The van der Waals surface area contributed by atoms with Crippen LogP contribution in [0.3, 0.4) is 0 Å². The molecule has 17 heavy (non-hydrogen) atoms. The van der Waals surface area contributed by atoms with Gasteiger partial charge in [-0.3, -0.25) is 4.79 Å². The summed E-state index contributed by atoms with van der Waals surface area (Å²) >= 11 is 0. The zero-order valence-electron chi connectivity index (χ0n) is 9.81. The third kappa shape index (κ3) is 2.56. The molecule has 0 spiro atoms. The summed E-state index contributed by atoms with van der Waals surface area (Å²) < 4.78 is 0. The summed E-state index contributed by atoms with van der Waals surface area (Å²) in [5.74, 6) is 0.0860. The minimum absolute atomic E-state index is 0.0860. The number of hydrogen-bond donors (Lipinski definition) is 1. The summed E-state index contributed by atoms with van der Waals surface area (Å²) in [6.45, 7) is 2.15. The number of nitrogens with two attached hydrogens (primary N) is 1. The molecule has 1 aromatic rings. The first-order valence-corrected chi connectivity index (χ1v) is 5.67. The van der Waals surface area contributed by atoms with E-state index in [1.165, 1.54) is 0 Å². The molecule has 1 aromatic carbocycles. The van der Waals surface area contributed by atoms with Crippen molar-refractivity contribution in [1.29, 1.82) is 5.26 Å². The van der Waals surface area contributed by atoms with Gasteiger partial charge >= 0.3 is 0 Å². The molecular formula is C13H15N3O. The number of anilines is 1. The van der Waals surface area contributed by atoms with Gasteiger partial charge in [0.15, 0.2) is 0 Å². The topological polar surface area (TPSA) is 70.1 Å². The number of carbonyl (C=O) groups is 1. The van der Waals surface area contributed by atoms with E-state index >= 15 is 0 Å². The van der Waals surface area contributed by atoms with Crippen molar-refractivity contribution in [2.75, 3.05) is 5.73 Å². The second-order valence-electron chi connectivity index (χ2n) is 4.41. The first-order valence-electron chi connectivity index (χ1n) is 5.67. The first kappa shape index (κ1) is 11.5. The van der Waals surface area contributed by atoms with Crippen LogP contribution in [-0.2, 0) is 11.3 Å². The van der Waals surface area contributed by atoms with Gasteiger partial charge in [-0.15, -0.1) is 0 Å². The highest BCUT2D eigenvalue weighted by Crippen LogP contribution is 2.28. The largest absolute Gasteiger partial charge is 0.398 e. The number of nitriles is 1. The van der Waals surface area contributed by atoms with Gasteiger partial charge in [0.05, 0.1) is 5.56 Å². The Labute approximate surface area is 101 Å². The third-order valence-corrected chi connectivity index (χ3v) is 2.98. The van der Waals surface area contributed by atoms with Crippen LogP contribution in [0.15, 0.2) is 18.2 Å². The molecule has 1 aliphatic carbocycles. The zero-order chi connectivity index (χ0) is 12.4. The predicted molar refractivity (Wildman–Crippen MR) is 64.8 cm³/mol. The lowest BCUT2D eigenvalue weighted by Gasteiger charge is -2.20. The number of amides is 1. The Morgan fingerprint density at radius 3 is 2.82 bits per heavy atom. The highest BCUT2D eigenvalue weighted by atomic mass is 16.2. The number of benzene rings is 1. The average molecular weight is 229 g/mol. The van der Waals surface area contributed by atoms with Crippen LogP contribution in [0.2, 0.25) is 0 Å². The van der Waals surface area contributed by atoms with Crippen molar-refractivity contribution in [3.8, 4) is 6.07 Å². The molecule has 0 saturated heterocycles. The molecule has 1 amide bonds.